The second-order valence-electron chi connectivity index (χ2n) is 7.90. The molecule has 0 unspecified atom stereocenters. The predicted octanol–water partition coefficient (Wildman–Crippen LogP) is 4.22. The van der Waals surface area contributed by atoms with Crippen LogP contribution in [0.25, 0.3) is 6.08 Å². The van der Waals surface area contributed by atoms with Gasteiger partial charge in [0.2, 0.25) is 0 Å². The molecule has 32 heavy (non-hydrogen) atoms. The number of carbonyl (C=O) groups is 2. The van der Waals surface area contributed by atoms with E-state index in [1.807, 2.05) is 24.3 Å². The van der Waals surface area contributed by atoms with Crippen LogP contribution in [-0.4, -0.2) is 21.5 Å². The first-order valence-electron chi connectivity index (χ1n) is 10.4. The quantitative estimate of drug-likeness (QED) is 0.666. The molecule has 0 bridgehead atoms. The second-order valence-corrected chi connectivity index (χ2v) is 7.90. The lowest BCUT2D eigenvalue weighted by molar-refractivity contribution is -0.114. The Kier molecular flexibility index (Phi) is 5.11. The van der Waals surface area contributed by atoms with Crippen molar-refractivity contribution in [2.75, 3.05) is 0 Å². The van der Waals surface area contributed by atoms with Crippen LogP contribution in [0.3, 0.4) is 0 Å². The number of nitrogens with one attached hydrogen (secondary N) is 1. The number of rotatable bonds is 5. The molecule has 0 aliphatic heterocycles. The van der Waals surface area contributed by atoms with Crippen LogP contribution in [0.1, 0.15) is 33.5 Å². The molecule has 6 heteroatoms. The van der Waals surface area contributed by atoms with Gasteiger partial charge in [-0.15, -0.1) is 0 Å². The molecule has 1 amide bonds. The van der Waals surface area contributed by atoms with E-state index in [4.69, 9.17) is 0 Å². The SMILES string of the molecule is O=C1CC=C(NC(=O)c2cnn(Cc3ccc(F)cc3)c2)C=C1C1=Cc2ccccc2C1. The second kappa shape index (κ2) is 8.23. The first-order valence-corrected chi connectivity index (χ1v) is 10.4. The van der Waals surface area contributed by atoms with Gasteiger partial charge in [-0.25, -0.2) is 4.39 Å². The molecule has 0 radical (unpaired) electrons. The Morgan fingerprint density at radius 1 is 1.09 bits per heavy atom. The van der Waals surface area contributed by atoms with E-state index in [1.54, 1.807) is 35.2 Å². The number of benzene rings is 2. The monoisotopic (exact) mass is 425 g/mol. The predicted molar refractivity (Wildman–Crippen MR) is 119 cm³/mol. The fourth-order valence-corrected chi connectivity index (χ4v) is 3.97. The number of carbonyl (C=O) groups excluding carboxylic acids is 2. The Bertz CT molecular complexity index is 1310. The Morgan fingerprint density at radius 2 is 1.91 bits per heavy atom. The minimum Gasteiger partial charge on any atom is -0.322 e. The molecule has 0 fully saturated rings. The van der Waals surface area contributed by atoms with Crippen molar-refractivity contribution in [1.29, 1.82) is 0 Å². The van der Waals surface area contributed by atoms with Gasteiger partial charge in [0.15, 0.2) is 5.78 Å². The number of allylic oxidation sites excluding steroid dienone is 4. The molecular formula is C26H20FN3O2. The zero-order chi connectivity index (χ0) is 22.1. The number of hydrogen-bond acceptors (Lipinski definition) is 3. The van der Waals surface area contributed by atoms with Crippen LogP contribution >= 0.6 is 0 Å². The highest BCUT2D eigenvalue weighted by molar-refractivity contribution is 6.04. The van der Waals surface area contributed by atoms with Crippen LogP contribution in [0.15, 0.2) is 89.9 Å². The largest absolute Gasteiger partial charge is 0.322 e. The average molecular weight is 425 g/mol. The third kappa shape index (κ3) is 4.07. The highest BCUT2D eigenvalue weighted by atomic mass is 19.1. The number of nitrogens with zero attached hydrogens (tertiary/aromatic N) is 2. The maximum Gasteiger partial charge on any atom is 0.258 e. The lowest BCUT2D eigenvalue weighted by Crippen LogP contribution is -2.24. The van der Waals surface area contributed by atoms with Crippen molar-refractivity contribution in [2.24, 2.45) is 0 Å². The summed E-state index contributed by atoms with van der Waals surface area (Å²) in [6.07, 6.45) is 9.63. The van der Waals surface area contributed by atoms with Gasteiger partial charge in [0.1, 0.15) is 5.82 Å². The minimum absolute atomic E-state index is 0.0502. The number of aromatic nitrogens is 2. The van der Waals surface area contributed by atoms with Gasteiger partial charge in [0.25, 0.3) is 5.91 Å². The fraction of sp³-hybridized carbons (Fsp3) is 0.115. The number of hydrogen-bond donors (Lipinski definition) is 1. The average Bonchev–Trinajstić information content (AvgIpc) is 3.44. The van der Waals surface area contributed by atoms with Crippen molar-refractivity contribution in [3.05, 3.63) is 118 Å². The highest BCUT2D eigenvalue weighted by Gasteiger charge is 2.23. The molecule has 2 aliphatic rings. The Morgan fingerprint density at radius 3 is 2.72 bits per heavy atom. The van der Waals surface area contributed by atoms with Crippen LogP contribution in [0.4, 0.5) is 4.39 Å². The van der Waals surface area contributed by atoms with E-state index in [1.165, 1.54) is 23.9 Å². The van der Waals surface area contributed by atoms with Gasteiger partial charge >= 0.3 is 0 Å². The molecule has 0 atom stereocenters. The van der Waals surface area contributed by atoms with Crippen molar-refractivity contribution in [1.82, 2.24) is 15.1 Å². The molecule has 2 aromatic carbocycles. The maximum atomic E-state index is 13.1. The third-order valence-electron chi connectivity index (χ3n) is 5.63. The van der Waals surface area contributed by atoms with E-state index >= 15 is 0 Å². The third-order valence-corrected chi connectivity index (χ3v) is 5.63. The molecule has 5 rings (SSSR count). The molecule has 0 saturated heterocycles. The van der Waals surface area contributed by atoms with Gasteiger partial charge < -0.3 is 5.32 Å². The minimum atomic E-state index is -0.296. The summed E-state index contributed by atoms with van der Waals surface area (Å²) in [6.45, 7) is 0.434. The van der Waals surface area contributed by atoms with Crippen molar-refractivity contribution in [2.45, 2.75) is 19.4 Å². The molecule has 0 saturated carbocycles. The molecule has 158 valence electrons. The number of fused-ring (bicyclic) bond motifs is 1. The van der Waals surface area contributed by atoms with E-state index in [0.29, 0.717) is 29.8 Å². The van der Waals surface area contributed by atoms with Crippen LogP contribution in [-0.2, 0) is 17.8 Å². The van der Waals surface area contributed by atoms with E-state index in [-0.39, 0.29) is 23.9 Å². The smallest absolute Gasteiger partial charge is 0.258 e. The number of amides is 1. The molecule has 1 N–H and O–H groups in total. The molecule has 0 spiro atoms. The highest BCUT2D eigenvalue weighted by Crippen LogP contribution is 2.32. The zero-order valence-corrected chi connectivity index (χ0v) is 17.2. The van der Waals surface area contributed by atoms with Crippen molar-refractivity contribution >= 4 is 17.8 Å². The Labute approximate surface area is 184 Å². The maximum absolute atomic E-state index is 13.1. The molecule has 3 aromatic rings. The van der Waals surface area contributed by atoms with Crippen LogP contribution in [0.2, 0.25) is 0 Å². The Balaban J connectivity index is 1.28. The first kappa shape index (κ1) is 19.9. The van der Waals surface area contributed by atoms with Gasteiger partial charge in [-0.05, 0) is 46.9 Å². The standard InChI is InChI=1S/C26H20FN3O2/c27-22-7-5-17(6-8-22)15-30-16-21(14-28-30)26(32)29-23-9-10-25(31)24(13-23)20-11-18-3-1-2-4-19(18)12-20/h1-9,11,13-14,16H,10,12,15H2,(H,29,32). The van der Waals surface area contributed by atoms with Crippen molar-refractivity contribution < 1.29 is 14.0 Å². The summed E-state index contributed by atoms with van der Waals surface area (Å²) >= 11 is 0. The zero-order valence-electron chi connectivity index (χ0n) is 17.2. The number of Topliss-reactive ketones (excluding diaryl/α,β-unsaturated/α-hetero) is 1. The molecule has 1 aromatic heterocycles. The summed E-state index contributed by atoms with van der Waals surface area (Å²) in [5, 5.41) is 7.10. The van der Waals surface area contributed by atoms with E-state index in [2.05, 4.69) is 16.5 Å². The summed E-state index contributed by atoms with van der Waals surface area (Å²) in [7, 11) is 0. The topological polar surface area (TPSA) is 64.0 Å². The number of ketones is 1. The Hall–Kier alpha value is -4.06. The van der Waals surface area contributed by atoms with Gasteiger partial charge in [-0.2, -0.15) is 5.10 Å². The van der Waals surface area contributed by atoms with E-state index < -0.39 is 0 Å². The summed E-state index contributed by atoms with van der Waals surface area (Å²) in [5.74, 6) is -0.539. The van der Waals surface area contributed by atoms with Gasteiger partial charge in [-0.1, -0.05) is 48.6 Å². The molecule has 5 nitrogen and oxygen atoms in total. The lowest BCUT2D eigenvalue weighted by Gasteiger charge is -2.14. The number of halogens is 1. The molecular weight excluding hydrogens is 405 g/mol. The van der Waals surface area contributed by atoms with Crippen LogP contribution in [0.5, 0.6) is 0 Å². The van der Waals surface area contributed by atoms with Gasteiger partial charge in [0.05, 0.1) is 18.3 Å². The van der Waals surface area contributed by atoms with Crippen molar-refractivity contribution in [3.8, 4) is 0 Å². The normalized spacial score (nSPS) is 15.0. The van der Waals surface area contributed by atoms with Crippen molar-refractivity contribution in [3.63, 3.8) is 0 Å². The van der Waals surface area contributed by atoms with Crippen LogP contribution in [0, 0.1) is 5.82 Å². The summed E-state index contributed by atoms with van der Waals surface area (Å²) < 4.78 is 14.7. The van der Waals surface area contributed by atoms with E-state index in [9.17, 15) is 14.0 Å². The van der Waals surface area contributed by atoms with Crippen LogP contribution < -0.4 is 5.32 Å². The summed E-state index contributed by atoms with van der Waals surface area (Å²) in [4.78, 5) is 25.3. The molecule has 2 aliphatic carbocycles. The lowest BCUT2D eigenvalue weighted by atomic mass is 9.93. The van der Waals surface area contributed by atoms with Gasteiger partial charge in [-0.3, -0.25) is 14.3 Å². The fourth-order valence-electron chi connectivity index (χ4n) is 3.97. The summed E-state index contributed by atoms with van der Waals surface area (Å²) in [5.41, 5.74) is 5.84. The van der Waals surface area contributed by atoms with E-state index in [0.717, 1.165) is 16.7 Å². The first-order chi connectivity index (χ1) is 15.5. The molecule has 1 heterocycles. The van der Waals surface area contributed by atoms with Gasteiger partial charge in [0, 0.05) is 23.9 Å². The summed E-state index contributed by atoms with van der Waals surface area (Å²) in [6, 6.07) is 14.2.